The zero-order valence-electron chi connectivity index (χ0n) is 19.7. The molecule has 0 radical (unpaired) electrons. The minimum atomic E-state index is -0.457. The zero-order chi connectivity index (χ0) is 24.6. The number of nitro groups is 1. The van der Waals surface area contributed by atoms with Gasteiger partial charge in [0.1, 0.15) is 6.20 Å². The van der Waals surface area contributed by atoms with E-state index in [1.165, 1.54) is 6.20 Å². The number of aromatic nitrogens is 2. The Bertz CT molecular complexity index is 1150. The van der Waals surface area contributed by atoms with Crippen LogP contribution < -0.4 is 16.4 Å². The fourth-order valence-electron chi connectivity index (χ4n) is 4.53. The Kier molecular flexibility index (Phi) is 8.23. The number of aliphatic hydroxyl groups excluding tert-OH is 1. The van der Waals surface area contributed by atoms with E-state index in [9.17, 15) is 15.2 Å². The molecule has 1 heterocycles. The minimum absolute atomic E-state index is 0.00208. The summed E-state index contributed by atoms with van der Waals surface area (Å²) in [6.45, 7) is 1.83. The Labute approximate surface area is 205 Å². The number of rotatable bonds is 10. The minimum Gasteiger partial charge on any atom is -0.392 e. The topological polar surface area (TPSA) is 139 Å². The van der Waals surface area contributed by atoms with Gasteiger partial charge in [-0.15, -0.1) is 0 Å². The molecule has 0 amide bonds. The number of anilines is 2. The van der Waals surface area contributed by atoms with Gasteiger partial charge in [0.15, 0.2) is 0 Å². The van der Waals surface area contributed by atoms with E-state index < -0.39 is 4.92 Å². The molecule has 4 rings (SSSR count). The molecule has 0 unspecified atom stereocenters. The van der Waals surface area contributed by atoms with E-state index in [1.54, 1.807) is 0 Å². The van der Waals surface area contributed by atoms with Gasteiger partial charge in [-0.1, -0.05) is 36.4 Å². The van der Waals surface area contributed by atoms with Gasteiger partial charge in [-0.2, -0.15) is 4.98 Å². The third kappa shape index (κ3) is 6.52. The van der Waals surface area contributed by atoms with Gasteiger partial charge >= 0.3 is 5.69 Å². The largest absolute Gasteiger partial charge is 0.392 e. The number of nitrogens with one attached hydrogen (secondary N) is 2. The molecule has 2 aromatic carbocycles. The molecular formula is C26H32N6O3. The first-order chi connectivity index (χ1) is 17.1. The molecule has 0 saturated heterocycles. The van der Waals surface area contributed by atoms with Crippen molar-refractivity contribution in [2.75, 3.05) is 23.7 Å². The second-order valence-electron chi connectivity index (χ2n) is 9.10. The monoisotopic (exact) mass is 476 g/mol. The summed E-state index contributed by atoms with van der Waals surface area (Å²) in [5.41, 5.74) is 9.59. The summed E-state index contributed by atoms with van der Waals surface area (Å²) in [6, 6.07) is 15.8. The van der Waals surface area contributed by atoms with Crippen molar-refractivity contribution >= 4 is 17.5 Å². The van der Waals surface area contributed by atoms with Crippen LogP contribution >= 0.6 is 0 Å². The molecule has 3 aromatic rings. The Morgan fingerprint density at radius 1 is 1.00 bits per heavy atom. The van der Waals surface area contributed by atoms with E-state index in [2.05, 4.69) is 26.7 Å². The second kappa shape index (κ2) is 11.7. The molecule has 9 nitrogen and oxygen atoms in total. The summed E-state index contributed by atoms with van der Waals surface area (Å²) >= 11 is 0. The van der Waals surface area contributed by atoms with Crippen LogP contribution in [0.15, 0.2) is 54.7 Å². The van der Waals surface area contributed by atoms with E-state index >= 15 is 0 Å². The van der Waals surface area contributed by atoms with Crippen molar-refractivity contribution in [3.8, 4) is 11.1 Å². The molecule has 35 heavy (non-hydrogen) atoms. The van der Waals surface area contributed by atoms with Crippen LogP contribution in [-0.4, -0.2) is 33.1 Å². The highest BCUT2D eigenvalue weighted by atomic mass is 16.6. The van der Waals surface area contributed by atoms with Crippen LogP contribution in [0.1, 0.15) is 36.8 Å². The van der Waals surface area contributed by atoms with E-state index in [0.29, 0.717) is 30.9 Å². The molecule has 1 aliphatic carbocycles. The molecule has 0 atom stereocenters. The average Bonchev–Trinajstić information content (AvgIpc) is 2.91. The highest BCUT2D eigenvalue weighted by Gasteiger charge is 2.22. The number of benzene rings is 2. The highest BCUT2D eigenvalue weighted by molar-refractivity contribution is 5.65. The molecule has 1 aromatic heterocycles. The quantitative estimate of drug-likeness (QED) is 0.250. The third-order valence-electron chi connectivity index (χ3n) is 6.64. The Morgan fingerprint density at radius 3 is 2.31 bits per heavy atom. The molecule has 1 aliphatic rings. The smallest absolute Gasteiger partial charge is 0.329 e. The highest BCUT2D eigenvalue weighted by Crippen LogP contribution is 2.30. The molecule has 184 valence electrons. The van der Waals surface area contributed by atoms with E-state index in [4.69, 9.17) is 5.73 Å². The predicted molar refractivity (Wildman–Crippen MR) is 137 cm³/mol. The molecule has 0 spiro atoms. The molecular weight excluding hydrogens is 444 g/mol. The fraction of sp³-hybridized carbons (Fsp3) is 0.385. The van der Waals surface area contributed by atoms with Crippen LogP contribution in [0.4, 0.5) is 17.5 Å². The number of hydrogen-bond acceptors (Lipinski definition) is 8. The summed E-state index contributed by atoms with van der Waals surface area (Å²) in [4.78, 5) is 19.6. The molecule has 1 saturated carbocycles. The van der Waals surface area contributed by atoms with Crippen molar-refractivity contribution < 1.29 is 10.0 Å². The summed E-state index contributed by atoms with van der Waals surface area (Å²) in [5.74, 6) is 1.61. The predicted octanol–water partition coefficient (Wildman–Crippen LogP) is 4.33. The lowest BCUT2D eigenvalue weighted by molar-refractivity contribution is -0.384. The summed E-state index contributed by atoms with van der Waals surface area (Å²) in [5, 5.41) is 27.3. The molecule has 1 fully saturated rings. The van der Waals surface area contributed by atoms with Crippen LogP contribution in [0.2, 0.25) is 0 Å². The van der Waals surface area contributed by atoms with Gasteiger partial charge in [-0.25, -0.2) is 4.98 Å². The maximum Gasteiger partial charge on any atom is 0.329 e. The maximum absolute atomic E-state index is 11.5. The lowest BCUT2D eigenvalue weighted by atomic mass is 9.82. The van der Waals surface area contributed by atoms with Crippen molar-refractivity contribution in [1.82, 2.24) is 9.97 Å². The second-order valence-corrected chi connectivity index (χ2v) is 9.10. The van der Waals surface area contributed by atoms with E-state index in [0.717, 1.165) is 54.5 Å². The Morgan fingerprint density at radius 2 is 1.66 bits per heavy atom. The summed E-state index contributed by atoms with van der Waals surface area (Å²) in [6.07, 6.45) is 5.59. The summed E-state index contributed by atoms with van der Waals surface area (Å²) in [7, 11) is 0. The van der Waals surface area contributed by atoms with Gasteiger partial charge in [-0.05, 0) is 78.5 Å². The third-order valence-corrected chi connectivity index (χ3v) is 6.64. The van der Waals surface area contributed by atoms with E-state index in [1.807, 2.05) is 42.5 Å². The Hall–Kier alpha value is -3.56. The van der Waals surface area contributed by atoms with Gasteiger partial charge in [0.05, 0.1) is 11.5 Å². The summed E-state index contributed by atoms with van der Waals surface area (Å²) < 4.78 is 0. The normalized spacial score (nSPS) is 17.7. The fourth-order valence-corrected chi connectivity index (χ4v) is 4.53. The SMILES string of the molecule is NCC1CCC(CNc2nc(NCc3cccc(-c4cccc(CO)c4)c3)ncc2[N+](=O)[O-])CC1. The van der Waals surface area contributed by atoms with Gasteiger partial charge in [0.2, 0.25) is 11.8 Å². The van der Waals surface area contributed by atoms with Crippen molar-refractivity contribution in [2.24, 2.45) is 17.6 Å². The van der Waals surface area contributed by atoms with Crippen molar-refractivity contribution in [3.63, 3.8) is 0 Å². The van der Waals surface area contributed by atoms with Crippen LogP contribution in [0.3, 0.4) is 0 Å². The number of aliphatic hydroxyl groups is 1. The lowest BCUT2D eigenvalue weighted by Crippen LogP contribution is -2.25. The van der Waals surface area contributed by atoms with Gasteiger partial charge in [0, 0.05) is 13.1 Å². The molecule has 0 aliphatic heterocycles. The number of hydrogen-bond donors (Lipinski definition) is 4. The lowest BCUT2D eigenvalue weighted by Gasteiger charge is -2.27. The molecule has 0 bridgehead atoms. The van der Waals surface area contributed by atoms with Gasteiger partial charge in [0.25, 0.3) is 0 Å². The van der Waals surface area contributed by atoms with Crippen LogP contribution in [-0.2, 0) is 13.2 Å². The first-order valence-corrected chi connectivity index (χ1v) is 12.0. The maximum atomic E-state index is 11.5. The first-order valence-electron chi connectivity index (χ1n) is 12.0. The van der Waals surface area contributed by atoms with Crippen LogP contribution in [0, 0.1) is 22.0 Å². The van der Waals surface area contributed by atoms with Crippen LogP contribution in [0.5, 0.6) is 0 Å². The molecule has 5 N–H and O–H groups in total. The van der Waals surface area contributed by atoms with Gasteiger partial charge in [-0.3, -0.25) is 10.1 Å². The average molecular weight is 477 g/mol. The van der Waals surface area contributed by atoms with Gasteiger partial charge < -0.3 is 21.5 Å². The Balaban J connectivity index is 1.42. The van der Waals surface area contributed by atoms with Crippen LogP contribution in [0.25, 0.3) is 11.1 Å². The molecule has 9 heteroatoms. The van der Waals surface area contributed by atoms with Crippen molar-refractivity contribution in [2.45, 2.75) is 38.8 Å². The van der Waals surface area contributed by atoms with Crippen molar-refractivity contribution in [3.05, 3.63) is 76.0 Å². The van der Waals surface area contributed by atoms with E-state index in [-0.39, 0.29) is 18.1 Å². The zero-order valence-corrected chi connectivity index (χ0v) is 19.7. The first kappa shape index (κ1) is 24.6. The van der Waals surface area contributed by atoms with Crippen molar-refractivity contribution in [1.29, 1.82) is 0 Å². The number of nitrogens with two attached hydrogens (primary N) is 1. The number of nitrogens with zero attached hydrogens (tertiary/aromatic N) is 3. The standard InChI is InChI=1S/C26H32N6O3/c27-13-18-7-9-19(10-8-18)14-28-25-24(32(34)35)16-30-26(31-25)29-15-20-3-1-5-22(11-20)23-6-2-4-21(12-23)17-33/h1-6,11-12,16,18-19,33H,7-10,13-15,17,27H2,(H2,28,29,30,31).